The van der Waals surface area contributed by atoms with Gasteiger partial charge < -0.3 is 14.6 Å². The first-order chi connectivity index (χ1) is 6.19. The molecule has 1 aliphatic rings. The third-order valence-corrected chi connectivity index (χ3v) is 2.56. The predicted octanol–water partition coefficient (Wildman–Crippen LogP) is 1.34. The fourth-order valence-corrected chi connectivity index (χ4v) is 1.50. The summed E-state index contributed by atoms with van der Waals surface area (Å²) in [7, 11) is 0. The first kappa shape index (κ1) is 11.0. The van der Waals surface area contributed by atoms with E-state index in [0.29, 0.717) is 6.61 Å². The van der Waals surface area contributed by atoms with Crippen molar-refractivity contribution < 1.29 is 14.6 Å². The molecule has 0 heterocycles. The van der Waals surface area contributed by atoms with Crippen molar-refractivity contribution in [2.45, 2.75) is 58.0 Å². The monoisotopic (exact) mass is 188 g/mol. The Morgan fingerprint density at radius 3 is 2.62 bits per heavy atom. The highest BCUT2D eigenvalue weighted by molar-refractivity contribution is 4.92. The van der Waals surface area contributed by atoms with E-state index in [-0.39, 0.29) is 24.4 Å². The van der Waals surface area contributed by atoms with Gasteiger partial charge in [-0.05, 0) is 20.3 Å². The topological polar surface area (TPSA) is 38.7 Å². The summed E-state index contributed by atoms with van der Waals surface area (Å²) in [6, 6.07) is 0. The molecule has 1 aliphatic carbocycles. The Balaban J connectivity index is 2.27. The largest absolute Gasteiger partial charge is 0.390 e. The third-order valence-electron chi connectivity index (χ3n) is 2.56. The van der Waals surface area contributed by atoms with E-state index in [1.165, 1.54) is 0 Å². The van der Waals surface area contributed by atoms with Crippen molar-refractivity contribution in [1.82, 2.24) is 0 Å². The van der Waals surface area contributed by atoms with Crippen LogP contribution in [0.25, 0.3) is 0 Å². The summed E-state index contributed by atoms with van der Waals surface area (Å²) < 4.78 is 11.1. The molecule has 0 aromatic rings. The van der Waals surface area contributed by atoms with Crippen LogP contribution in [-0.2, 0) is 9.47 Å². The fourth-order valence-electron chi connectivity index (χ4n) is 1.50. The van der Waals surface area contributed by atoms with E-state index in [4.69, 9.17) is 9.47 Å². The predicted molar refractivity (Wildman–Crippen MR) is 50.7 cm³/mol. The minimum absolute atomic E-state index is 0.0981. The normalized spacial score (nSPS) is 35.5. The van der Waals surface area contributed by atoms with Crippen LogP contribution in [0.2, 0.25) is 0 Å². The van der Waals surface area contributed by atoms with Crippen LogP contribution in [0.15, 0.2) is 0 Å². The van der Waals surface area contributed by atoms with Crippen LogP contribution in [-0.4, -0.2) is 36.1 Å². The second-order valence-corrected chi connectivity index (χ2v) is 3.62. The van der Waals surface area contributed by atoms with Gasteiger partial charge in [-0.1, -0.05) is 6.92 Å². The maximum Gasteiger partial charge on any atom is 0.110 e. The van der Waals surface area contributed by atoms with E-state index in [0.717, 1.165) is 12.8 Å². The minimum Gasteiger partial charge on any atom is -0.390 e. The van der Waals surface area contributed by atoms with Gasteiger partial charge in [0.25, 0.3) is 0 Å². The molecule has 0 saturated heterocycles. The Hall–Kier alpha value is -0.120. The molecule has 4 atom stereocenters. The van der Waals surface area contributed by atoms with E-state index in [1.807, 2.05) is 13.8 Å². The number of hydrogen-bond acceptors (Lipinski definition) is 3. The second kappa shape index (κ2) is 4.94. The molecule has 1 fully saturated rings. The summed E-state index contributed by atoms with van der Waals surface area (Å²) in [6.45, 7) is 6.72. The molecule has 13 heavy (non-hydrogen) atoms. The zero-order chi connectivity index (χ0) is 9.84. The van der Waals surface area contributed by atoms with E-state index in [1.54, 1.807) is 0 Å². The van der Waals surface area contributed by atoms with Gasteiger partial charge in [-0.3, -0.25) is 0 Å². The molecule has 0 radical (unpaired) electrons. The lowest BCUT2D eigenvalue weighted by atomic mass is 9.88. The smallest absolute Gasteiger partial charge is 0.110 e. The molecule has 1 saturated carbocycles. The minimum atomic E-state index is -0.325. The average Bonchev–Trinajstić information content (AvgIpc) is 2.13. The summed E-state index contributed by atoms with van der Waals surface area (Å²) in [5.74, 6) is 0. The van der Waals surface area contributed by atoms with Crippen LogP contribution in [0.4, 0.5) is 0 Å². The van der Waals surface area contributed by atoms with E-state index >= 15 is 0 Å². The molecule has 3 heteroatoms. The van der Waals surface area contributed by atoms with Crippen LogP contribution in [0.1, 0.15) is 33.6 Å². The third kappa shape index (κ3) is 2.66. The molecular weight excluding hydrogens is 168 g/mol. The molecule has 1 rings (SSSR count). The van der Waals surface area contributed by atoms with E-state index in [2.05, 4.69) is 6.92 Å². The lowest BCUT2D eigenvalue weighted by Gasteiger charge is -2.41. The van der Waals surface area contributed by atoms with Crippen molar-refractivity contribution >= 4 is 0 Å². The first-order valence-corrected chi connectivity index (χ1v) is 5.14. The van der Waals surface area contributed by atoms with Gasteiger partial charge in [0.1, 0.15) is 6.10 Å². The van der Waals surface area contributed by atoms with Gasteiger partial charge in [0, 0.05) is 13.0 Å². The summed E-state index contributed by atoms with van der Waals surface area (Å²) in [4.78, 5) is 0. The molecule has 4 unspecified atom stereocenters. The highest BCUT2D eigenvalue weighted by atomic mass is 16.6. The molecule has 3 nitrogen and oxygen atoms in total. The zero-order valence-corrected chi connectivity index (χ0v) is 8.69. The number of ether oxygens (including phenoxy) is 2. The van der Waals surface area contributed by atoms with Crippen LogP contribution in [0, 0.1) is 0 Å². The Morgan fingerprint density at radius 1 is 1.46 bits per heavy atom. The van der Waals surface area contributed by atoms with Gasteiger partial charge in [-0.25, -0.2) is 0 Å². The molecule has 0 amide bonds. The van der Waals surface area contributed by atoms with E-state index in [9.17, 15) is 5.11 Å². The summed E-state index contributed by atoms with van der Waals surface area (Å²) in [5.41, 5.74) is 0. The molecule has 78 valence electrons. The molecule has 0 aromatic heterocycles. The van der Waals surface area contributed by atoms with Gasteiger partial charge in [-0.15, -0.1) is 0 Å². The van der Waals surface area contributed by atoms with Crippen molar-refractivity contribution in [1.29, 1.82) is 0 Å². The lowest BCUT2D eigenvalue weighted by Crippen LogP contribution is -2.54. The van der Waals surface area contributed by atoms with Crippen molar-refractivity contribution in [3.05, 3.63) is 0 Å². The maximum atomic E-state index is 9.39. The van der Waals surface area contributed by atoms with Crippen LogP contribution >= 0.6 is 0 Å². The second-order valence-electron chi connectivity index (χ2n) is 3.62. The average molecular weight is 188 g/mol. The lowest BCUT2D eigenvalue weighted by molar-refractivity contribution is -0.203. The SMILES string of the molecule is CCOC1C(O)CC1OC(C)CC. The number of aliphatic hydroxyl groups excluding tert-OH is 1. The van der Waals surface area contributed by atoms with Crippen LogP contribution in [0.3, 0.4) is 0 Å². The standard InChI is InChI=1S/C10H20O3/c1-4-7(3)13-9-6-8(11)10(9)12-5-2/h7-11H,4-6H2,1-3H3. The fraction of sp³-hybridized carbons (Fsp3) is 1.00. The van der Waals surface area contributed by atoms with Crippen LogP contribution in [0.5, 0.6) is 0 Å². The summed E-state index contributed by atoms with van der Waals surface area (Å²) >= 11 is 0. The highest BCUT2D eigenvalue weighted by Crippen LogP contribution is 2.28. The molecule has 1 N–H and O–H groups in total. The summed E-state index contributed by atoms with van der Waals surface area (Å²) in [6.07, 6.45) is 1.67. The zero-order valence-electron chi connectivity index (χ0n) is 8.69. The van der Waals surface area contributed by atoms with E-state index < -0.39 is 0 Å². The molecule has 0 aromatic carbocycles. The first-order valence-electron chi connectivity index (χ1n) is 5.14. The Morgan fingerprint density at radius 2 is 2.15 bits per heavy atom. The van der Waals surface area contributed by atoms with Gasteiger partial charge in [0.15, 0.2) is 0 Å². The van der Waals surface area contributed by atoms with Gasteiger partial charge in [-0.2, -0.15) is 0 Å². The highest BCUT2D eigenvalue weighted by Gasteiger charge is 2.42. The number of aliphatic hydroxyl groups is 1. The Bertz CT molecular complexity index is 149. The van der Waals surface area contributed by atoms with Crippen molar-refractivity contribution in [2.24, 2.45) is 0 Å². The van der Waals surface area contributed by atoms with Crippen molar-refractivity contribution in [3.8, 4) is 0 Å². The number of hydrogen-bond donors (Lipinski definition) is 1. The summed E-state index contributed by atoms with van der Waals surface area (Å²) in [5, 5.41) is 9.39. The molecular formula is C10H20O3. The Labute approximate surface area is 80.0 Å². The number of rotatable bonds is 5. The van der Waals surface area contributed by atoms with Crippen molar-refractivity contribution in [2.75, 3.05) is 6.61 Å². The van der Waals surface area contributed by atoms with Gasteiger partial charge in [0.05, 0.1) is 18.3 Å². The molecule has 0 spiro atoms. The van der Waals surface area contributed by atoms with Gasteiger partial charge >= 0.3 is 0 Å². The van der Waals surface area contributed by atoms with Crippen LogP contribution < -0.4 is 0 Å². The maximum absolute atomic E-state index is 9.39. The van der Waals surface area contributed by atoms with Gasteiger partial charge in [0.2, 0.25) is 0 Å². The molecule has 0 bridgehead atoms. The quantitative estimate of drug-likeness (QED) is 0.707. The molecule has 0 aliphatic heterocycles. The van der Waals surface area contributed by atoms with Crippen molar-refractivity contribution in [3.63, 3.8) is 0 Å². The Kier molecular flexibility index (Phi) is 4.16.